The predicted molar refractivity (Wildman–Crippen MR) is 108 cm³/mol. The van der Waals surface area contributed by atoms with Crippen LogP contribution in [0.15, 0.2) is 46.9 Å². The zero-order valence-corrected chi connectivity index (χ0v) is 16.5. The molecule has 1 aromatic heterocycles. The van der Waals surface area contributed by atoms with E-state index < -0.39 is 5.79 Å². The highest BCUT2D eigenvalue weighted by atomic mass is 16.8. The lowest BCUT2D eigenvalue weighted by Crippen LogP contribution is -2.20. The molecule has 0 bridgehead atoms. The van der Waals surface area contributed by atoms with Crippen molar-refractivity contribution in [3.63, 3.8) is 0 Å². The van der Waals surface area contributed by atoms with Crippen LogP contribution in [0.25, 0.3) is 11.0 Å². The van der Waals surface area contributed by atoms with E-state index >= 15 is 0 Å². The Labute approximate surface area is 165 Å². The fraction of sp³-hybridized carbons (Fsp3) is 0.417. The first kappa shape index (κ1) is 17.8. The lowest BCUT2D eigenvalue weighted by molar-refractivity contribution is -0.0367. The van der Waals surface area contributed by atoms with Gasteiger partial charge in [-0.15, -0.1) is 0 Å². The molecule has 0 amide bonds. The summed E-state index contributed by atoms with van der Waals surface area (Å²) >= 11 is 0. The standard InChI is InChI=1S/C24H26O4/c1-3-26-24(15-27-24)13-19-6-4-5-7-21(19)25-14-17-10-16(2)23-20(11-17)12-22(28-23)18-8-9-18/h4-7,10-12,18H,3,8-9,13-15H2,1-2H3. The number of benzene rings is 2. The summed E-state index contributed by atoms with van der Waals surface area (Å²) in [6.45, 7) is 5.93. The largest absolute Gasteiger partial charge is 0.489 e. The van der Waals surface area contributed by atoms with Gasteiger partial charge in [0.2, 0.25) is 0 Å². The van der Waals surface area contributed by atoms with E-state index in [1.807, 2.05) is 25.1 Å². The average Bonchev–Trinajstić information content (AvgIpc) is 3.61. The highest BCUT2D eigenvalue weighted by Gasteiger charge is 2.46. The first-order valence-corrected chi connectivity index (χ1v) is 10.2. The average molecular weight is 378 g/mol. The van der Waals surface area contributed by atoms with Crippen molar-refractivity contribution in [1.29, 1.82) is 0 Å². The third-order valence-corrected chi connectivity index (χ3v) is 5.56. The molecule has 1 unspecified atom stereocenters. The van der Waals surface area contributed by atoms with E-state index in [0.717, 1.165) is 33.8 Å². The highest BCUT2D eigenvalue weighted by Crippen LogP contribution is 2.43. The van der Waals surface area contributed by atoms with Crippen molar-refractivity contribution >= 4 is 11.0 Å². The van der Waals surface area contributed by atoms with E-state index in [1.54, 1.807) is 0 Å². The van der Waals surface area contributed by atoms with Crippen LogP contribution < -0.4 is 4.74 Å². The molecule has 2 aromatic carbocycles. The molecule has 4 nitrogen and oxygen atoms in total. The van der Waals surface area contributed by atoms with Gasteiger partial charge in [0.1, 0.15) is 30.3 Å². The first-order valence-electron chi connectivity index (χ1n) is 10.2. The van der Waals surface area contributed by atoms with Gasteiger partial charge in [0, 0.05) is 24.3 Å². The molecule has 4 heteroatoms. The third-order valence-electron chi connectivity index (χ3n) is 5.56. The summed E-state index contributed by atoms with van der Waals surface area (Å²) < 4.78 is 23.6. The van der Waals surface area contributed by atoms with Gasteiger partial charge in [-0.05, 0) is 67.6 Å². The Morgan fingerprint density at radius 3 is 2.71 bits per heavy atom. The Hall–Kier alpha value is -2.30. The number of hydrogen-bond acceptors (Lipinski definition) is 4. The summed E-state index contributed by atoms with van der Waals surface area (Å²) in [6, 6.07) is 14.7. The Kier molecular flexibility index (Phi) is 4.41. The van der Waals surface area contributed by atoms with Crippen molar-refractivity contribution in [2.75, 3.05) is 13.2 Å². The minimum absolute atomic E-state index is 0.459. The number of aryl methyl sites for hydroxylation is 1. The fourth-order valence-corrected chi connectivity index (χ4v) is 3.90. The van der Waals surface area contributed by atoms with Gasteiger partial charge < -0.3 is 18.6 Å². The number of fused-ring (bicyclic) bond motifs is 1. The number of furan rings is 1. The maximum absolute atomic E-state index is 6.20. The summed E-state index contributed by atoms with van der Waals surface area (Å²) in [6.07, 6.45) is 3.21. The SMILES string of the molecule is CCOC1(Cc2ccccc2OCc2cc(C)c3oc(C4CC4)cc3c2)CO1. The molecule has 0 N–H and O–H groups in total. The molecule has 2 fully saturated rings. The molecular formula is C24H26O4. The Morgan fingerprint density at radius 2 is 1.96 bits per heavy atom. The van der Waals surface area contributed by atoms with Crippen molar-refractivity contribution in [3.05, 3.63) is 64.9 Å². The summed E-state index contributed by atoms with van der Waals surface area (Å²) in [5.74, 6) is 2.19. The molecular weight excluding hydrogens is 352 g/mol. The Balaban J connectivity index is 1.34. The highest BCUT2D eigenvalue weighted by molar-refractivity contribution is 5.82. The van der Waals surface area contributed by atoms with Gasteiger partial charge in [0.05, 0.1) is 0 Å². The lowest BCUT2D eigenvalue weighted by Gasteiger charge is -2.16. The van der Waals surface area contributed by atoms with E-state index in [4.69, 9.17) is 18.6 Å². The molecule has 2 heterocycles. The van der Waals surface area contributed by atoms with Crippen LogP contribution in [0.5, 0.6) is 5.75 Å². The topological polar surface area (TPSA) is 44.1 Å². The molecule has 1 aliphatic carbocycles. The van der Waals surface area contributed by atoms with Crippen molar-refractivity contribution in [2.24, 2.45) is 0 Å². The zero-order valence-electron chi connectivity index (χ0n) is 16.5. The molecule has 3 aromatic rings. The van der Waals surface area contributed by atoms with Crippen molar-refractivity contribution in [1.82, 2.24) is 0 Å². The van der Waals surface area contributed by atoms with Crippen LogP contribution in [-0.4, -0.2) is 19.0 Å². The second kappa shape index (κ2) is 6.94. The predicted octanol–water partition coefficient (Wildman–Crippen LogP) is 5.50. The van der Waals surface area contributed by atoms with Crippen LogP contribution in [0.1, 0.15) is 48.1 Å². The molecule has 1 saturated carbocycles. The maximum atomic E-state index is 6.20. The number of hydrogen-bond donors (Lipinski definition) is 0. The quantitative estimate of drug-likeness (QED) is 0.485. The van der Waals surface area contributed by atoms with Gasteiger partial charge in [-0.25, -0.2) is 0 Å². The van der Waals surface area contributed by atoms with Gasteiger partial charge in [-0.1, -0.05) is 18.2 Å². The Morgan fingerprint density at radius 1 is 1.14 bits per heavy atom. The summed E-state index contributed by atoms with van der Waals surface area (Å²) in [7, 11) is 0. The summed E-state index contributed by atoms with van der Waals surface area (Å²) in [5.41, 5.74) is 4.45. The minimum atomic E-state index is -0.459. The van der Waals surface area contributed by atoms with E-state index in [-0.39, 0.29) is 0 Å². The van der Waals surface area contributed by atoms with Crippen LogP contribution in [0.3, 0.4) is 0 Å². The van der Waals surface area contributed by atoms with E-state index in [2.05, 4.69) is 31.2 Å². The normalized spacial score (nSPS) is 21.2. The van der Waals surface area contributed by atoms with Gasteiger partial charge in [-0.3, -0.25) is 0 Å². The molecule has 1 aliphatic heterocycles. The maximum Gasteiger partial charge on any atom is 0.196 e. The second-order valence-electron chi connectivity index (χ2n) is 7.96. The molecule has 0 radical (unpaired) electrons. The molecule has 5 rings (SSSR count). The van der Waals surface area contributed by atoms with E-state index in [1.165, 1.54) is 18.2 Å². The number of epoxide rings is 1. The van der Waals surface area contributed by atoms with Crippen LogP contribution in [0.2, 0.25) is 0 Å². The van der Waals surface area contributed by atoms with Crippen molar-refractivity contribution in [3.8, 4) is 5.75 Å². The number of ether oxygens (including phenoxy) is 3. The van der Waals surface area contributed by atoms with Gasteiger partial charge in [0.25, 0.3) is 0 Å². The second-order valence-corrected chi connectivity index (χ2v) is 7.96. The molecule has 0 spiro atoms. The monoisotopic (exact) mass is 378 g/mol. The van der Waals surface area contributed by atoms with E-state index in [9.17, 15) is 0 Å². The minimum Gasteiger partial charge on any atom is -0.489 e. The molecule has 146 valence electrons. The summed E-state index contributed by atoms with van der Waals surface area (Å²) in [4.78, 5) is 0. The molecule has 28 heavy (non-hydrogen) atoms. The van der Waals surface area contributed by atoms with Crippen LogP contribution in [-0.2, 0) is 22.5 Å². The van der Waals surface area contributed by atoms with Crippen LogP contribution >= 0.6 is 0 Å². The van der Waals surface area contributed by atoms with E-state index in [0.29, 0.717) is 32.2 Å². The van der Waals surface area contributed by atoms with Crippen molar-refractivity contribution in [2.45, 2.75) is 51.4 Å². The molecule has 1 atom stereocenters. The smallest absolute Gasteiger partial charge is 0.196 e. The van der Waals surface area contributed by atoms with Gasteiger partial charge in [0.15, 0.2) is 5.79 Å². The Bertz CT molecular complexity index is 995. The van der Waals surface area contributed by atoms with Crippen LogP contribution in [0, 0.1) is 6.92 Å². The van der Waals surface area contributed by atoms with Gasteiger partial charge >= 0.3 is 0 Å². The third kappa shape index (κ3) is 3.54. The zero-order chi connectivity index (χ0) is 19.1. The van der Waals surface area contributed by atoms with Gasteiger partial charge in [-0.2, -0.15) is 0 Å². The first-order chi connectivity index (χ1) is 13.7. The molecule has 1 saturated heterocycles. The fourth-order valence-electron chi connectivity index (χ4n) is 3.90. The number of para-hydroxylation sites is 1. The summed E-state index contributed by atoms with van der Waals surface area (Å²) in [5, 5.41) is 1.18. The van der Waals surface area contributed by atoms with Crippen molar-refractivity contribution < 1.29 is 18.6 Å². The molecule has 2 aliphatic rings. The lowest BCUT2D eigenvalue weighted by atomic mass is 10.1. The van der Waals surface area contributed by atoms with Crippen LogP contribution in [0.4, 0.5) is 0 Å². The number of rotatable bonds is 8.